The summed E-state index contributed by atoms with van der Waals surface area (Å²) in [6.07, 6.45) is 6.56. The summed E-state index contributed by atoms with van der Waals surface area (Å²) in [4.78, 5) is 3.41. The molecular formula is C13H12N2. The number of benzene rings is 1. The van der Waals surface area contributed by atoms with E-state index >= 15 is 0 Å². The Labute approximate surface area is 88.7 Å². The first-order valence-electron chi connectivity index (χ1n) is 5.19. The van der Waals surface area contributed by atoms with Crippen LogP contribution in [0.3, 0.4) is 0 Å². The molecule has 1 aliphatic rings. The minimum atomic E-state index is 0.0427. The highest BCUT2D eigenvalue weighted by Crippen LogP contribution is 2.29. The van der Waals surface area contributed by atoms with E-state index in [4.69, 9.17) is 6.42 Å². The molecule has 2 N–H and O–H groups in total. The molecule has 0 amide bonds. The third kappa shape index (κ3) is 1.17. The molecule has 2 heterocycles. The molecule has 0 aliphatic carbocycles. The fourth-order valence-electron chi connectivity index (χ4n) is 2.32. The Morgan fingerprint density at radius 1 is 1.33 bits per heavy atom. The van der Waals surface area contributed by atoms with E-state index < -0.39 is 0 Å². The topological polar surface area (TPSA) is 27.8 Å². The summed E-state index contributed by atoms with van der Waals surface area (Å²) in [7, 11) is 0. The van der Waals surface area contributed by atoms with Crippen molar-refractivity contribution in [3.05, 3.63) is 35.5 Å². The quantitative estimate of drug-likeness (QED) is 0.620. The average molecular weight is 196 g/mol. The molecule has 0 bridgehead atoms. The molecule has 1 aromatic carbocycles. The summed E-state index contributed by atoms with van der Waals surface area (Å²) >= 11 is 0. The van der Waals surface area contributed by atoms with E-state index in [0.29, 0.717) is 0 Å². The zero-order chi connectivity index (χ0) is 10.3. The van der Waals surface area contributed by atoms with Crippen molar-refractivity contribution in [1.29, 1.82) is 0 Å². The first-order chi connectivity index (χ1) is 7.40. The molecule has 2 aromatic rings. The maximum atomic E-state index is 5.51. The first kappa shape index (κ1) is 8.58. The molecule has 3 rings (SSSR count). The molecule has 2 heteroatoms. The number of hydrogen-bond donors (Lipinski definition) is 2. The third-order valence-electron chi connectivity index (χ3n) is 3.03. The van der Waals surface area contributed by atoms with Crippen molar-refractivity contribution in [1.82, 2.24) is 10.3 Å². The van der Waals surface area contributed by atoms with Crippen LogP contribution >= 0.6 is 0 Å². The van der Waals surface area contributed by atoms with Gasteiger partial charge in [0.2, 0.25) is 0 Å². The van der Waals surface area contributed by atoms with Crippen LogP contribution < -0.4 is 5.32 Å². The van der Waals surface area contributed by atoms with Crippen molar-refractivity contribution in [3.63, 3.8) is 0 Å². The summed E-state index contributed by atoms with van der Waals surface area (Å²) in [5.41, 5.74) is 3.74. The van der Waals surface area contributed by atoms with Crippen LogP contribution in [-0.2, 0) is 6.42 Å². The van der Waals surface area contributed by atoms with Gasteiger partial charge in [-0.1, -0.05) is 24.1 Å². The van der Waals surface area contributed by atoms with Gasteiger partial charge in [-0.3, -0.25) is 5.32 Å². The molecule has 74 valence electrons. The second-order valence-corrected chi connectivity index (χ2v) is 3.87. The van der Waals surface area contributed by atoms with Crippen molar-refractivity contribution in [2.75, 3.05) is 6.54 Å². The monoisotopic (exact) mass is 196 g/mol. The molecule has 0 fully saturated rings. The Morgan fingerprint density at radius 2 is 2.20 bits per heavy atom. The Hall–Kier alpha value is -1.72. The lowest BCUT2D eigenvalue weighted by Gasteiger charge is -2.19. The highest BCUT2D eigenvalue weighted by molar-refractivity contribution is 5.85. The number of aromatic nitrogens is 1. The summed E-state index contributed by atoms with van der Waals surface area (Å²) in [5, 5.41) is 4.63. The van der Waals surface area contributed by atoms with Crippen molar-refractivity contribution >= 4 is 10.9 Å². The van der Waals surface area contributed by atoms with Crippen LogP contribution in [0.1, 0.15) is 17.3 Å². The number of para-hydroxylation sites is 1. The number of fused-ring (bicyclic) bond motifs is 3. The van der Waals surface area contributed by atoms with Crippen LogP contribution in [-0.4, -0.2) is 11.5 Å². The minimum Gasteiger partial charge on any atom is -0.356 e. The van der Waals surface area contributed by atoms with E-state index in [-0.39, 0.29) is 6.04 Å². The standard InChI is InChI=1S/C13H12N2/c1-2-11-13-10(7-8-14-11)9-5-3-4-6-12(9)15-13/h1,3-6,11,14-15H,7-8H2. The lowest BCUT2D eigenvalue weighted by atomic mass is 10.00. The first-order valence-corrected chi connectivity index (χ1v) is 5.19. The maximum Gasteiger partial charge on any atom is 0.110 e. The Bertz CT molecular complexity index is 545. The van der Waals surface area contributed by atoms with Gasteiger partial charge in [-0.25, -0.2) is 0 Å². The van der Waals surface area contributed by atoms with Crippen LogP contribution in [0.5, 0.6) is 0 Å². The van der Waals surface area contributed by atoms with E-state index in [1.165, 1.54) is 22.2 Å². The van der Waals surface area contributed by atoms with Gasteiger partial charge in [-0.2, -0.15) is 0 Å². The van der Waals surface area contributed by atoms with Crippen molar-refractivity contribution in [3.8, 4) is 12.3 Å². The van der Waals surface area contributed by atoms with Crippen molar-refractivity contribution in [2.24, 2.45) is 0 Å². The highest BCUT2D eigenvalue weighted by atomic mass is 15.0. The van der Waals surface area contributed by atoms with E-state index in [1.54, 1.807) is 0 Å². The molecule has 0 saturated heterocycles. The molecule has 1 aliphatic heterocycles. The molecule has 0 radical (unpaired) electrons. The number of rotatable bonds is 0. The summed E-state index contributed by atoms with van der Waals surface area (Å²) < 4.78 is 0. The highest BCUT2D eigenvalue weighted by Gasteiger charge is 2.21. The fraction of sp³-hybridized carbons (Fsp3) is 0.231. The SMILES string of the molecule is C#CC1NCCc2c1[nH]c1ccccc21. The second kappa shape index (κ2) is 3.15. The molecule has 0 spiro atoms. The van der Waals surface area contributed by atoms with Gasteiger partial charge in [0.1, 0.15) is 6.04 Å². The molecule has 15 heavy (non-hydrogen) atoms. The number of terminal acetylenes is 1. The van der Waals surface area contributed by atoms with Gasteiger partial charge >= 0.3 is 0 Å². The molecule has 1 atom stereocenters. The molecule has 0 saturated carbocycles. The summed E-state index contributed by atoms with van der Waals surface area (Å²) in [6.45, 7) is 0.962. The second-order valence-electron chi connectivity index (χ2n) is 3.87. The van der Waals surface area contributed by atoms with Crippen molar-refractivity contribution in [2.45, 2.75) is 12.5 Å². The molecule has 2 nitrogen and oxygen atoms in total. The summed E-state index contributed by atoms with van der Waals surface area (Å²) in [6, 6.07) is 8.41. The van der Waals surface area contributed by atoms with Gasteiger partial charge in [-0.15, -0.1) is 6.42 Å². The number of nitrogens with one attached hydrogen (secondary N) is 2. The Morgan fingerprint density at radius 3 is 3.07 bits per heavy atom. The van der Waals surface area contributed by atoms with Gasteiger partial charge in [-0.05, 0) is 18.1 Å². The Kier molecular flexibility index (Phi) is 1.80. The molecular weight excluding hydrogens is 184 g/mol. The zero-order valence-corrected chi connectivity index (χ0v) is 8.38. The minimum absolute atomic E-state index is 0.0427. The lowest BCUT2D eigenvalue weighted by Crippen LogP contribution is -2.28. The van der Waals surface area contributed by atoms with Gasteiger partial charge in [0.25, 0.3) is 0 Å². The van der Waals surface area contributed by atoms with Crippen molar-refractivity contribution < 1.29 is 0 Å². The van der Waals surface area contributed by atoms with E-state index in [0.717, 1.165) is 13.0 Å². The normalized spacial score (nSPS) is 19.8. The van der Waals surface area contributed by atoms with E-state index in [9.17, 15) is 0 Å². The van der Waals surface area contributed by atoms with Crippen LogP contribution in [0, 0.1) is 12.3 Å². The maximum absolute atomic E-state index is 5.51. The van der Waals surface area contributed by atoms with Gasteiger partial charge in [0.05, 0.1) is 0 Å². The summed E-state index contributed by atoms with van der Waals surface area (Å²) in [5.74, 6) is 2.78. The lowest BCUT2D eigenvalue weighted by molar-refractivity contribution is 0.587. The third-order valence-corrected chi connectivity index (χ3v) is 3.03. The molecule has 1 aromatic heterocycles. The fourth-order valence-corrected chi connectivity index (χ4v) is 2.32. The van der Waals surface area contributed by atoms with Crippen LogP contribution in [0.2, 0.25) is 0 Å². The number of aromatic amines is 1. The van der Waals surface area contributed by atoms with Gasteiger partial charge < -0.3 is 4.98 Å². The number of hydrogen-bond acceptors (Lipinski definition) is 1. The predicted molar refractivity (Wildman–Crippen MR) is 61.6 cm³/mol. The Balaban J connectivity index is 2.30. The largest absolute Gasteiger partial charge is 0.356 e. The zero-order valence-electron chi connectivity index (χ0n) is 8.38. The van der Waals surface area contributed by atoms with Crippen LogP contribution in [0.4, 0.5) is 0 Å². The van der Waals surface area contributed by atoms with Crippen LogP contribution in [0.25, 0.3) is 10.9 Å². The van der Waals surface area contributed by atoms with E-state index in [1.807, 2.05) is 6.07 Å². The van der Waals surface area contributed by atoms with E-state index in [2.05, 4.69) is 34.4 Å². The molecule has 1 unspecified atom stereocenters. The van der Waals surface area contributed by atoms with Gasteiger partial charge in [0.15, 0.2) is 0 Å². The smallest absolute Gasteiger partial charge is 0.110 e. The number of H-pyrrole nitrogens is 1. The van der Waals surface area contributed by atoms with Gasteiger partial charge in [0, 0.05) is 23.1 Å². The van der Waals surface area contributed by atoms with Crippen LogP contribution in [0.15, 0.2) is 24.3 Å². The average Bonchev–Trinajstić information content (AvgIpc) is 2.67. The predicted octanol–water partition coefficient (Wildman–Crippen LogP) is 1.99.